The third-order valence-electron chi connectivity index (χ3n) is 3.82. The van der Waals surface area contributed by atoms with Crippen LogP contribution in [0.15, 0.2) is 9.52 Å². The molecule has 0 aliphatic carbocycles. The number of guanidine groups is 1. The number of hydrogen-bond acceptors (Lipinski definition) is 4. The minimum absolute atomic E-state index is 0. The molecule has 0 aromatic carbocycles. The van der Waals surface area contributed by atoms with Crippen LogP contribution in [0.25, 0.3) is 0 Å². The number of rotatable bonds is 11. The fourth-order valence-corrected chi connectivity index (χ4v) is 2.37. The molecule has 1 atom stereocenters. The maximum Gasteiger partial charge on any atom is 0.226 e. The molecule has 140 valence electrons. The highest BCUT2D eigenvalue weighted by molar-refractivity contribution is 14.0. The summed E-state index contributed by atoms with van der Waals surface area (Å²) < 4.78 is 5.12. The predicted octanol–water partition coefficient (Wildman–Crippen LogP) is 3.70. The quantitative estimate of drug-likeness (QED) is 0.232. The minimum atomic E-state index is 0. The van der Waals surface area contributed by atoms with Crippen LogP contribution in [-0.4, -0.2) is 35.7 Å². The van der Waals surface area contributed by atoms with Gasteiger partial charge in [0.2, 0.25) is 5.89 Å². The van der Waals surface area contributed by atoms with Crippen molar-refractivity contribution in [3.63, 3.8) is 0 Å². The van der Waals surface area contributed by atoms with Crippen molar-refractivity contribution in [1.29, 1.82) is 0 Å². The summed E-state index contributed by atoms with van der Waals surface area (Å²) in [7, 11) is 0. The maximum absolute atomic E-state index is 5.12. The van der Waals surface area contributed by atoms with E-state index in [1.807, 2.05) is 6.92 Å². The lowest BCUT2D eigenvalue weighted by Gasteiger charge is -2.14. The summed E-state index contributed by atoms with van der Waals surface area (Å²) in [5.74, 6) is 2.99. The molecule has 0 saturated heterocycles. The van der Waals surface area contributed by atoms with Gasteiger partial charge in [-0.1, -0.05) is 38.3 Å². The van der Waals surface area contributed by atoms with Crippen LogP contribution >= 0.6 is 24.0 Å². The monoisotopic (exact) mass is 451 g/mol. The van der Waals surface area contributed by atoms with E-state index >= 15 is 0 Å². The van der Waals surface area contributed by atoms with E-state index in [2.05, 4.69) is 41.5 Å². The van der Waals surface area contributed by atoms with Crippen molar-refractivity contribution in [1.82, 2.24) is 20.8 Å². The number of nitrogens with one attached hydrogen (secondary N) is 2. The molecule has 0 spiro atoms. The second-order valence-corrected chi connectivity index (χ2v) is 5.90. The molecule has 0 aliphatic rings. The normalized spacial score (nSPS) is 12.6. The molecule has 0 amide bonds. The molecule has 1 aromatic rings. The van der Waals surface area contributed by atoms with E-state index in [1.165, 1.54) is 25.7 Å². The van der Waals surface area contributed by atoms with Gasteiger partial charge in [0.15, 0.2) is 11.8 Å². The molecular formula is C17H34IN5O. The van der Waals surface area contributed by atoms with Gasteiger partial charge in [0.05, 0.1) is 0 Å². The van der Waals surface area contributed by atoms with E-state index in [0.29, 0.717) is 17.6 Å². The highest BCUT2D eigenvalue weighted by Crippen LogP contribution is 2.12. The lowest BCUT2D eigenvalue weighted by Crippen LogP contribution is -2.38. The van der Waals surface area contributed by atoms with Gasteiger partial charge in [-0.15, -0.1) is 24.0 Å². The number of nitrogens with zero attached hydrogens (tertiary/aromatic N) is 3. The molecule has 0 fully saturated rings. The van der Waals surface area contributed by atoms with Gasteiger partial charge < -0.3 is 15.2 Å². The van der Waals surface area contributed by atoms with E-state index in [4.69, 9.17) is 9.52 Å². The van der Waals surface area contributed by atoms with E-state index in [9.17, 15) is 0 Å². The Kier molecular flexibility index (Phi) is 14.0. The first-order valence-corrected chi connectivity index (χ1v) is 9.00. The van der Waals surface area contributed by atoms with Gasteiger partial charge in [0, 0.05) is 26.1 Å². The van der Waals surface area contributed by atoms with Crippen molar-refractivity contribution in [3.8, 4) is 0 Å². The predicted molar refractivity (Wildman–Crippen MR) is 110 cm³/mol. The minimum Gasteiger partial charge on any atom is -0.357 e. The molecule has 0 saturated carbocycles. The van der Waals surface area contributed by atoms with Crippen LogP contribution in [0.1, 0.15) is 64.6 Å². The molecular weight excluding hydrogens is 417 g/mol. The Labute approximate surface area is 163 Å². The van der Waals surface area contributed by atoms with Crippen molar-refractivity contribution >= 4 is 29.9 Å². The average molecular weight is 451 g/mol. The zero-order chi connectivity index (χ0) is 16.9. The number of unbranched alkanes of at least 4 members (excludes halogenated alkanes) is 1. The van der Waals surface area contributed by atoms with Crippen molar-refractivity contribution < 1.29 is 4.52 Å². The molecule has 2 N–H and O–H groups in total. The number of hydrogen-bond donors (Lipinski definition) is 2. The van der Waals surface area contributed by atoms with Gasteiger partial charge in [0.1, 0.15) is 0 Å². The topological polar surface area (TPSA) is 75.3 Å². The maximum atomic E-state index is 5.12. The third-order valence-corrected chi connectivity index (χ3v) is 3.82. The molecule has 6 nitrogen and oxygen atoms in total. The van der Waals surface area contributed by atoms with Crippen molar-refractivity contribution in [2.45, 2.75) is 66.2 Å². The standard InChI is InChI=1S/C17H33N5O.HI/c1-5-8-10-15(6-2)13-20-17(18-7-3)19-12-9-11-16-21-14(4)22-23-16;/h15H,5-13H2,1-4H3,(H2,18,19,20);1H. The Balaban J connectivity index is 0.00000529. The molecule has 1 aromatic heterocycles. The fraction of sp³-hybridized carbons (Fsp3) is 0.824. The fourth-order valence-electron chi connectivity index (χ4n) is 2.37. The van der Waals surface area contributed by atoms with Gasteiger partial charge in [-0.2, -0.15) is 4.98 Å². The highest BCUT2D eigenvalue weighted by atomic mass is 127. The Morgan fingerprint density at radius 1 is 1.21 bits per heavy atom. The zero-order valence-corrected chi connectivity index (χ0v) is 17.9. The lowest BCUT2D eigenvalue weighted by atomic mass is 10.00. The summed E-state index contributed by atoms with van der Waals surface area (Å²) in [6.07, 6.45) is 6.75. The lowest BCUT2D eigenvalue weighted by molar-refractivity contribution is 0.372. The smallest absolute Gasteiger partial charge is 0.226 e. The van der Waals surface area contributed by atoms with Crippen LogP contribution < -0.4 is 10.6 Å². The highest BCUT2D eigenvalue weighted by Gasteiger charge is 2.06. The van der Waals surface area contributed by atoms with E-state index in [0.717, 1.165) is 38.4 Å². The molecule has 0 bridgehead atoms. The first-order valence-electron chi connectivity index (χ1n) is 9.00. The molecule has 0 radical (unpaired) electrons. The summed E-state index contributed by atoms with van der Waals surface area (Å²) in [6.45, 7) is 11.0. The van der Waals surface area contributed by atoms with E-state index in [-0.39, 0.29) is 24.0 Å². The van der Waals surface area contributed by atoms with Crippen molar-refractivity contribution in [2.75, 3.05) is 19.6 Å². The van der Waals surface area contributed by atoms with Crippen LogP contribution in [0.2, 0.25) is 0 Å². The largest absolute Gasteiger partial charge is 0.357 e. The Morgan fingerprint density at radius 3 is 2.58 bits per heavy atom. The molecule has 7 heteroatoms. The van der Waals surface area contributed by atoms with E-state index in [1.54, 1.807) is 0 Å². The number of aryl methyl sites for hydroxylation is 2. The molecule has 1 heterocycles. The average Bonchev–Trinajstić information content (AvgIpc) is 2.96. The summed E-state index contributed by atoms with van der Waals surface area (Å²) in [4.78, 5) is 8.94. The van der Waals surface area contributed by atoms with Gasteiger partial charge in [-0.3, -0.25) is 4.99 Å². The summed E-state index contributed by atoms with van der Waals surface area (Å²) in [6, 6.07) is 0. The first kappa shape index (κ1) is 23.1. The molecule has 1 rings (SSSR count). The number of halogens is 1. The van der Waals surface area contributed by atoms with Crippen molar-refractivity contribution in [2.24, 2.45) is 10.9 Å². The van der Waals surface area contributed by atoms with Crippen molar-refractivity contribution in [3.05, 3.63) is 11.7 Å². The molecule has 0 aliphatic heterocycles. The summed E-state index contributed by atoms with van der Waals surface area (Å²) in [5, 5.41) is 10.5. The van der Waals surface area contributed by atoms with Gasteiger partial charge in [0.25, 0.3) is 0 Å². The van der Waals surface area contributed by atoms with Gasteiger partial charge in [-0.25, -0.2) is 0 Å². The summed E-state index contributed by atoms with van der Waals surface area (Å²) in [5.41, 5.74) is 0. The Morgan fingerprint density at radius 2 is 2.00 bits per heavy atom. The first-order chi connectivity index (χ1) is 11.2. The van der Waals surface area contributed by atoms with Crippen LogP contribution in [0.3, 0.4) is 0 Å². The van der Waals surface area contributed by atoms with Crippen LogP contribution in [-0.2, 0) is 6.42 Å². The molecule has 1 unspecified atom stereocenters. The zero-order valence-electron chi connectivity index (χ0n) is 15.6. The second kappa shape index (κ2) is 14.5. The number of aliphatic imine (C=N–C) groups is 1. The Hall–Kier alpha value is -0.860. The van der Waals surface area contributed by atoms with Gasteiger partial charge >= 0.3 is 0 Å². The third kappa shape index (κ3) is 10.1. The van der Waals surface area contributed by atoms with Gasteiger partial charge in [-0.05, 0) is 32.6 Å². The van der Waals surface area contributed by atoms with Crippen LogP contribution in [0, 0.1) is 12.8 Å². The number of aromatic nitrogens is 2. The second-order valence-electron chi connectivity index (χ2n) is 5.90. The van der Waals surface area contributed by atoms with Crippen LogP contribution in [0.4, 0.5) is 0 Å². The van der Waals surface area contributed by atoms with E-state index < -0.39 is 0 Å². The summed E-state index contributed by atoms with van der Waals surface area (Å²) >= 11 is 0. The molecule has 24 heavy (non-hydrogen) atoms. The Bertz CT molecular complexity index is 450. The SMILES string of the molecule is CCCCC(CC)CN=C(NCC)NCCCc1nc(C)no1.I. The van der Waals surface area contributed by atoms with Crippen LogP contribution in [0.5, 0.6) is 0 Å².